The van der Waals surface area contributed by atoms with E-state index in [-0.39, 0.29) is 5.75 Å². The Kier molecular flexibility index (Phi) is 7.78. The van der Waals surface area contributed by atoms with Crippen molar-refractivity contribution in [2.45, 2.75) is 6.92 Å². The summed E-state index contributed by atoms with van der Waals surface area (Å²) in [6.45, 7) is 2.40. The number of nitrogens with zero attached hydrogens (tertiary/aromatic N) is 1. The summed E-state index contributed by atoms with van der Waals surface area (Å²) >= 11 is 0. The molecule has 0 radical (unpaired) electrons. The number of hydrogen-bond donors (Lipinski definition) is 2. The van der Waals surface area contributed by atoms with Crippen molar-refractivity contribution in [3.63, 3.8) is 0 Å². The number of carbonyl (C=O) groups is 3. The number of amides is 2. The Balaban J connectivity index is 1.33. The molecule has 0 heterocycles. The van der Waals surface area contributed by atoms with E-state index in [4.69, 9.17) is 9.47 Å². The quantitative estimate of drug-likeness (QED) is 0.0922. The van der Waals surface area contributed by atoms with Crippen molar-refractivity contribution < 1.29 is 23.9 Å². The summed E-state index contributed by atoms with van der Waals surface area (Å²) < 4.78 is 11.1. The Morgan fingerprint density at radius 3 is 2.17 bits per heavy atom. The molecular formula is C32H25N3O5. The molecule has 2 amide bonds. The molecule has 2 N–H and O–H groups in total. The normalized spacial score (nSPS) is 10.9. The number of anilines is 1. The van der Waals surface area contributed by atoms with Crippen LogP contribution in [0, 0.1) is 0 Å². The summed E-state index contributed by atoms with van der Waals surface area (Å²) in [5.74, 6) is -1.48. The molecule has 0 unspecified atom stereocenters. The van der Waals surface area contributed by atoms with E-state index in [1.807, 2.05) is 67.6 Å². The second-order valence-electron chi connectivity index (χ2n) is 8.73. The first-order valence-electron chi connectivity index (χ1n) is 12.6. The zero-order chi connectivity index (χ0) is 27.9. The highest BCUT2D eigenvalue weighted by Crippen LogP contribution is 2.28. The number of esters is 1. The van der Waals surface area contributed by atoms with Crippen LogP contribution in [-0.2, 0) is 9.59 Å². The molecule has 0 saturated heterocycles. The van der Waals surface area contributed by atoms with E-state index in [0.29, 0.717) is 29.2 Å². The lowest BCUT2D eigenvalue weighted by atomic mass is 10.0. The number of benzene rings is 5. The molecule has 40 heavy (non-hydrogen) atoms. The minimum Gasteiger partial charge on any atom is -0.494 e. The molecule has 0 fully saturated rings. The largest absolute Gasteiger partial charge is 0.494 e. The average molecular weight is 532 g/mol. The van der Waals surface area contributed by atoms with Gasteiger partial charge in [0.1, 0.15) is 11.5 Å². The molecule has 0 saturated carbocycles. The fourth-order valence-corrected chi connectivity index (χ4v) is 4.23. The minimum absolute atomic E-state index is 0.246. The Labute approximate surface area is 230 Å². The maximum atomic E-state index is 12.9. The van der Waals surface area contributed by atoms with Gasteiger partial charge in [-0.15, -0.1) is 0 Å². The number of ether oxygens (including phenoxy) is 2. The lowest BCUT2D eigenvalue weighted by Gasteiger charge is -2.11. The van der Waals surface area contributed by atoms with Gasteiger partial charge < -0.3 is 14.8 Å². The number of carbonyl (C=O) groups excluding carboxylic acids is 3. The molecule has 198 valence electrons. The van der Waals surface area contributed by atoms with Crippen LogP contribution in [0.5, 0.6) is 11.5 Å². The van der Waals surface area contributed by atoms with Gasteiger partial charge >= 0.3 is 17.8 Å². The molecular weight excluding hydrogens is 506 g/mol. The second kappa shape index (κ2) is 11.9. The third-order valence-electron chi connectivity index (χ3n) is 6.14. The molecule has 0 spiro atoms. The molecule has 5 rings (SSSR count). The summed E-state index contributed by atoms with van der Waals surface area (Å²) in [5, 5.41) is 9.99. The third kappa shape index (κ3) is 5.81. The molecule has 5 aromatic rings. The first-order valence-corrected chi connectivity index (χ1v) is 12.6. The van der Waals surface area contributed by atoms with E-state index in [9.17, 15) is 14.4 Å². The molecule has 0 aliphatic heterocycles. The Hall–Kier alpha value is -5.50. The highest BCUT2D eigenvalue weighted by molar-refractivity contribution is 6.40. The van der Waals surface area contributed by atoms with Crippen LogP contribution in [0.1, 0.15) is 22.8 Å². The third-order valence-corrected chi connectivity index (χ3v) is 6.14. The predicted molar refractivity (Wildman–Crippen MR) is 155 cm³/mol. The van der Waals surface area contributed by atoms with Gasteiger partial charge in [0.2, 0.25) is 0 Å². The maximum Gasteiger partial charge on any atom is 0.343 e. The van der Waals surface area contributed by atoms with E-state index in [0.717, 1.165) is 21.5 Å². The first kappa shape index (κ1) is 26.1. The zero-order valence-electron chi connectivity index (χ0n) is 21.6. The first-order chi connectivity index (χ1) is 19.5. The van der Waals surface area contributed by atoms with Crippen LogP contribution >= 0.6 is 0 Å². The van der Waals surface area contributed by atoms with Crippen molar-refractivity contribution >= 4 is 51.2 Å². The lowest BCUT2D eigenvalue weighted by molar-refractivity contribution is -0.136. The van der Waals surface area contributed by atoms with Crippen LogP contribution in [0.25, 0.3) is 21.5 Å². The average Bonchev–Trinajstić information content (AvgIpc) is 2.98. The Morgan fingerprint density at radius 1 is 0.750 bits per heavy atom. The minimum atomic E-state index is -0.947. The number of hydrazone groups is 1. The van der Waals surface area contributed by atoms with Crippen LogP contribution in [0.15, 0.2) is 108 Å². The van der Waals surface area contributed by atoms with Crippen molar-refractivity contribution in [2.24, 2.45) is 5.10 Å². The van der Waals surface area contributed by atoms with E-state index in [2.05, 4.69) is 15.8 Å². The molecule has 0 atom stereocenters. The van der Waals surface area contributed by atoms with Crippen molar-refractivity contribution in [3.05, 3.63) is 114 Å². The number of nitrogens with one attached hydrogen (secondary N) is 2. The molecule has 8 heteroatoms. The molecule has 0 aliphatic rings. The van der Waals surface area contributed by atoms with Gasteiger partial charge in [0.25, 0.3) is 0 Å². The summed E-state index contributed by atoms with van der Waals surface area (Å²) in [6.07, 6.45) is 1.35. The number of rotatable bonds is 7. The number of fused-ring (bicyclic) bond motifs is 2. The highest BCUT2D eigenvalue weighted by Gasteiger charge is 2.16. The van der Waals surface area contributed by atoms with Crippen LogP contribution in [0.2, 0.25) is 0 Å². The summed E-state index contributed by atoms with van der Waals surface area (Å²) in [7, 11) is 0. The van der Waals surface area contributed by atoms with E-state index < -0.39 is 17.8 Å². The SMILES string of the molecule is CCOc1ccc(C(=O)Oc2ccc3ccccc3c2/C=N\NC(=O)C(=O)Nc2cccc3ccccc23)cc1. The van der Waals surface area contributed by atoms with Gasteiger partial charge in [0.05, 0.1) is 18.4 Å². The molecule has 8 nitrogen and oxygen atoms in total. The smallest absolute Gasteiger partial charge is 0.343 e. The maximum absolute atomic E-state index is 12.9. The second-order valence-corrected chi connectivity index (χ2v) is 8.73. The molecule has 0 aliphatic carbocycles. The van der Waals surface area contributed by atoms with Crippen LogP contribution < -0.4 is 20.2 Å². The monoisotopic (exact) mass is 531 g/mol. The lowest BCUT2D eigenvalue weighted by Crippen LogP contribution is -2.32. The Morgan fingerprint density at radius 2 is 1.43 bits per heavy atom. The molecule has 0 bridgehead atoms. The fraction of sp³-hybridized carbons (Fsp3) is 0.0625. The van der Waals surface area contributed by atoms with Crippen molar-refractivity contribution in [1.82, 2.24) is 5.43 Å². The van der Waals surface area contributed by atoms with E-state index in [1.54, 1.807) is 42.5 Å². The zero-order valence-corrected chi connectivity index (χ0v) is 21.6. The van der Waals surface area contributed by atoms with Gasteiger partial charge in [0.15, 0.2) is 0 Å². The van der Waals surface area contributed by atoms with Gasteiger partial charge in [-0.3, -0.25) is 9.59 Å². The number of hydrogen-bond acceptors (Lipinski definition) is 6. The van der Waals surface area contributed by atoms with Gasteiger partial charge in [0, 0.05) is 16.6 Å². The van der Waals surface area contributed by atoms with E-state index in [1.165, 1.54) is 6.21 Å². The van der Waals surface area contributed by atoms with Crippen molar-refractivity contribution in [2.75, 3.05) is 11.9 Å². The van der Waals surface area contributed by atoms with Gasteiger partial charge in [-0.05, 0) is 59.5 Å². The summed E-state index contributed by atoms with van der Waals surface area (Å²) in [6, 6.07) is 30.5. The van der Waals surface area contributed by atoms with Crippen LogP contribution in [-0.4, -0.2) is 30.6 Å². The summed E-state index contributed by atoms with van der Waals surface area (Å²) in [5.41, 5.74) is 3.58. The van der Waals surface area contributed by atoms with Gasteiger partial charge in [-0.25, -0.2) is 10.2 Å². The highest BCUT2D eigenvalue weighted by atomic mass is 16.5. The van der Waals surface area contributed by atoms with Crippen molar-refractivity contribution in [1.29, 1.82) is 0 Å². The standard InChI is InChI=1S/C32H25N3O5/c1-2-39-24-17-14-23(15-18-24)32(38)40-29-19-16-22-9-3-5-11-25(22)27(29)20-33-35-31(37)30(36)34-28-13-7-10-21-8-4-6-12-26(21)28/h3-20H,2H2,1H3,(H,34,36)(H,35,37)/b33-20-. The molecule has 5 aromatic carbocycles. The van der Waals surface area contributed by atoms with Crippen LogP contribution in [0.3, 0.4) is 0 Å². The van der Waals surface area contributed by atoms with Gasteiger partial charge in [-0.1, -0.05) is 66.7 Å². The Bertz CT molecular complexity index is 1740. The van der Waals surface area contributed by atoms with Crippen molar-refractivity contribution in [3.8, 4) is 11.5 Å². The summed E-state index contributed by atoms with van der Waals surface area (Å²) in [4.78, 5) is 38.0. The van der Waals surface area contributed by atoms with Gasteiger partial charge in [-0.2, -0.15) is 5.10 Å². The predicted octanol–water partition coefficient (Wildman–Crippen LogP) is 5.70. The molecule has 0 aromatic heterocycles. The van der Waals surface area contributed by atoms with E-state index >= 15 is 0 Å². The topological polar surface area (TPSA) is 106 Å². The fourth-order valence-electron chi connectivity index (χ4n) is 4.23. The van der Waals surface area contributed by atoms with Crippen LogP contribution in [0.4, 0.5) is 5.69 Å².